The molecule has 1 aromatic carbocycles. The van der Waals surface area contributed by atoms with Gasteiger partial charge in [-0.05, 0) is 81.6 Å². The number of likely N-dealkylation sites (tertiary alicyclic amines) is 2. The molecule has 1 atom stereocenters. The van der Waals surface area contributed by atoms with Gasteiger partial charge in [0.05, 0.1) is 6.61 Å². The molecule has 152 valence electrons. The number of nitrogens with zero attached hydrogens (tertiary/aromatic N) is 2. The third-order valence-corrected chi connectivity index (χ3v) is 7.30. The lowest BCUT2D eigenvalue weighted by molar-refractivity contribution is 0.0293. The molecule has 0 aliphatic carbocycles. The first-order valence-electron chi connectivity index (χ1n) is 10.5. The minimum Gasteiger partial charge on any atom is -0.396 e. The first-order valence-corrected chi connectivity index (χ1v) is 11.3. The maximum Gasteiger partial charge on any atom is 0.123 e. The van der Waals surface area contributed by atoms with E-state index in [0.717, 1.165) is 51.0 Å². The first-order chi connectivity index (χ1) is 13.6. The number of halogens is 1. The Bertz CT molecular complexity index is 756. The second-order valence-corrected chi connectivity index (χ2v) is 9.88. The molecule has 4 rings (SSSR count). The fraction of sp³-hybridized carbons (Fsp3) is 0.565. The van der Waals surface area contributed by atoms with Crippen molar-refractivity contribution in [3.8, 4) is 0 Å². The molecule has 2 aliphatic rings. The monoisotopic (exact) mass is 402 g/mol. The summed E-state index contributed by atoms with van der Waals surface area (Å²) < 4.78 is 13.2. The molecule has 0 radical (unpaired) electrons. The summed E-state index contributed by atoms with van der Waals surface area (Å²) in [6.07, 6.45) is 5.62. The van der Waals surface area contributed by atoms with E-state index >= 15 is 0 Å². The number of rotatable bonds is 7. The molecule has 3 nitrogen and oxygen atoms in total. The highest BCUT2D eigenvalue weighted by molar-refractivity contribution is 7.11. The van der Waals surface area contributed by atoms with Gasteiger partial charge in [0, 0.05) is 34.8 Å². The predicted molar refractivity (Wildman–Crippen MR) is 113 cm³/mol. The first kappa shape index (κ1) is 20.0. The Hall–Kier alpha value is -1.27. The molecule has 2 fully saturated rings. The van der Waals surface area contributed by atoms with Gasteiger partial charge in [0.15, 0.2) is 0 Å². The molecule has 0 unspecified atom stereocenters. The lowest BCUT2D eigenvalue weighted by atomic mass is 9.75. The van der Waals surface area contributed by atoms with Crippen molar-refractivity contribution in [3.63, 3.8) is 0 Å². The smallest absolute Gasteiger partial charge is 0.123 e. The zero-order valence-electron chi connectivity index (χ0n) is 16.6. The van der Waals surface area contributed by atoms with Crippen LogP contribution in [0.1, 0.15) is 41.0 Å². The van der Waals surface area contributed by atoms with Crippen LogP contribution in [0, 0.1) is 11.2 Å². The molecule has 1 N–H and O–H groups in total. The second kappa shape index (κ2) is 9.04. The highest BCUT2D eigenvalue weighted by Crippen LogP contribution is 2.34. The van der Waals surface area contributed by atoms with E-state index in [1.807, 2.05) is 23.5 Å². The summed E-state index contributed by atoms with van der Waals surface area (Å²) in [5.41, 5.74) is 0.993. The summed E-state index contributed by atoms with van der Waals surface area (Å²) in [6.45, 7) is 6.71. The molecule has 28 heavy (non-hydrogen) atoms. The van der Waals surface area contributed by atoms with Gasteiger partial charge >= 0.3 is 0 Å². The van der Waals surface area contributed by atoms with Crippen LogP contribution in [0.4, 0.5) is 4.39 Å². The topological polar surface area (TPSA) is 26.7 Å². The van der Waals surface area contributed by atoms with Crippen molar-refractivity contribution in [2.75, 3.05) is 32.8 Å². The van der Waals surface area contributed by atoms with Crippen molar-refractivity contribution in [1.82, 2.24) is 9.80 Å². The fourth-order valence-corrected chi connectivity index (χ4v) is 5.89. The van der Waals surface area contributed by atoms with Gasteiger partial charge in [0.25, 0.3) is 0 Å². The molecule has 0 saturated carbocycles. The van der Waals surface area contributed by atoms with Crippen LogP contribution in [-0.4, -0.2) is 47.7 Å². The Morgan fingerprint density at radius 1 is 0.893 bits per heavy atom. The van der Waals surface area contributed by atoms with Crippen LogP contribution in [0.2, 0.25) is 0 Å². The molecule has 2 saturated heterocycles. The van der Waals surface area contributed by atoms with Gasteiger partial charge in [-0.15, -0.1) is 11.3 Å². The molecule has 0 amide bonds. The number of hydrogen-bond donors (Lipinski definition) is 1. The zero-order chi connectivity index (χ0) is 19.4. The number of hydrogen-bond acceptors (Lipinski definition) is 4. The molecule has 0 bridgehead atoms. The van der Waals surface area contributed by atoms with Crippen LogP contribution in [-0.2, 0) is 19.5 Å². The van der Waals surface area contributed by atoms with E-state index in [0.29, 0.717) is 0 Å². The fourth-order valence-electron chi connectivity index (χ4n) is 4.78. The van der Waals surface area contributed by atoms with Crippen molar-refractivity contribution in [2.45, 2.75) is 45.2 Å². The zero-order valence-corrected chi connectivity index (χ0v) is 17.4. The number of aliphatic hydroxyl groups is 1. The van der Waals surface area contributed by atoms with Crippen molar-refractivity contribution >= 4 is 11.3 Å². The predicted octanol–water partition coefficient (Wildman–Crippen LogP) is 4.30. The Kier molecular flexibility index (Phi) is 6.46. The van der Waals surface area contributed by atoms with Crippen LogP contribution < -0.4 is 0 Å². The van der Waals surface area contributed by atoms with Crippen LogP contribution in [0.3, 0.4) is 0 Å². The SMILES string of the molecule is OC[C@@]1(Cc2ccc(F)cc2)CCCN(Cc2ccc(CN3CCCC3)s2)C1. The van der Waals surface area contributed by atoms with Crippen LogP contribution in [0.15, 0.2) is 36.4 Å². The van der Waals surface area contributed by atoms with Crippen molar-refractivity contribution in [3.05, 3.63) is 57.5 Å². The second-order valence-electron chi connectivity index (χ2n) is 8.63. The van der Waals surface area contributed by atoms with Crippen LogP contribution >= 0.6 is 11.3 Å². The Morgan fingerprint density at radius 3 is 2.21 bits per heavy atom. The Balaban J connectivity index is 1.37. The van der Waals surface area contributed by atoms with Gasteiger partial charge in [-0.1, -0.05) is 12.1 Å². The van der Waals surface area contributed by atoms with Crippen molar-refractivity contribution in [1.29, 1.82) is 0 Å². The summed E-state index contributed by atoms with van der Waals surface area (Å²) in [5.74, 6) is -0.200. The normalized spacial score (nSPS) is 24.1. The summed E-state index contributed by atoms with van der Waals surface area (Å²) in [4.78, 5) is 7.93. The average Bonchev–Trinajstić information content (AvgIpc) is 3.37. The summed E-state index contributed by atoms with van der Waals surface area (Å²) in [5, 5.41) is 10.2. The summed E-state index contributed by atoms with van der Waals surface area (Å²) >= 11 is 1.94. The molecule has 1 aromatic heterocycles. The van der Waals surface area contributed by atoms with E-state index in [2.05, 4.69) is 21.9 Å². The maximum absolute atomic E-state index is 13.2. The molecule has 5 heteroatoms. The standard InChI is InChI=1S/C23H31FN2OS/c24-20-6-4-19(5-7-20)14-23(18-27)10-3-13-26(17-23)16-22-9-8-21(28-22)15-25-11-1-2-12-25/h4-9,27H,1-3,10-18H2/t23-/m1/s1. The van der Waals surface area contributed by atoms with E-state index < -0.39 is 0 Å². The summed E-state index contributed by atoms with van der Waals surface area (Å²) in [7, 11) is 0. The van der Waals surface area contributed by atoms with Crippen LogP contribution in [0.25, 0.3) is 0 Å². The maximum atomic E-state index is 13.2. The summed E-state index contributed by atoms with van der Waals surface area (Å²) in [6, 6.07) is 11.3. The van der Waals surface area contributed by atoms with E-state index in [1.165, 1.54) is 47.8 Å². The Morgan fingerprint density at radius 2 is 1.54 bits per heavy atom. The van der Waals surface area contributed by atoms with Gasteiger partial charge in [0.1, 0.15) is 5.82 Å². The van der Waals surface area contributed by atoms with Crippen molar-refractivity contribution < 1.29 is 9.50 Å². The number of thiophene rings is 1. The van der Waals surface area contributed by atoms with E-state index in [1.54, 1.807) is 0 Å². The minimum atomic E-state index is -0.200. The lowest BCUT2D eigenvalue weighted by Gasteiger charge is -2.42. The third kappa shape index (κ3) is 5.01. The molecular weight excluding hydrogens is 371 g/mol. The van der Waals surface area contributed by atoms with E-state index in [9.17, 15) is 9.50 Å². The minimum absolute atomic E-state index is 0.119. The van der Waals surface area contributed by atoms with Gasteiger partial charge in [-0.2, -0.15) is 0 Å². The van der Waals surface area contributed by atoms with Gasteiger partial charge in [0.2, 0.25) is 0 Å². The largest absolute Gasteiger partial charge is 0.396 e. The molecular formula is C23H31FN2OS. The number of piperidine rings is 1. The average molecular weight is 403 g/mol. The molecule has 3 heterocycles. The van der Waals surface area contributed by atoms with Gasteiger partial charge in [-0.3, -0.25) is 9.80 Å². The van der Waals surface area contributed by atoms with Crippen molar-refractivity contribution in [2.24, 2.45) is 5.41 Å². The third-order valence-electron chi connectivity index (χ3n) is 6.24. The lowest BCUT2D eigenvalue weighted by Crippen LogP contribution is -2.46. The Labute approximate surface area is 171 Å². The van der Waals surface area contributed by atoms with Crippen LogP contribution in [0.5, 0.6) is 0 Å². The highest BCUT2D eigenvalue weighted by Gasteiger charge is 2.35. The van der Waals surface area contributed by atoms with E-state index in [-0.39, 0.29) is 17.8 Å². The van der Waals surface area contributed by atoms with E-state index in [4.69, 9.17) is 0 Å². The molecule has 0 spiro atoms. The quantitative estimate of drug-likeness (QED) is 0.748. The highest BCUT2D eigenvalue weighted by atomic mass is 32.1. The van der Waals surface area contributed by atoms with Gasteiger partial charge in [-0.25, -0.2) is 4.39 Å². The number of aliphatic hydroxyl groups excluding tert-OH is 1. The number of benzene rings is 1. The molecule has 2 aromatic rings. The molecule has 2 aliphatic heterocycles. The van der Waals surface area contributed by atoms with Gasteiger partial charge < -0.3 is 5.11 Å².